The van der Waals surface area contributed by atoms with Crippen LogP contribution in [0, 0.1) is 0 Å². The molecule has 8 heteroatoms. The first-order chi connectivity index (χ1) is 19.6. The van der Waals surface area contributed by atoms with Crippen molar-refractivity contribution in [2.75, 3.05) is 0 Å². The lowest BCUT2D eigenvalue weighted by molar-refractivity contribution is -0.114. The Morgan fingerprint density at radius 1 is 0.750 bits per heavy atom. The van der Waals surface area contributed by atoms with Gasteiger partial charge in [-0.2, -0.15) is 0 Å². The first kappa shape index (κ1) is 29.1. The predicted molar refractivity (Wildman–Crippen MR) is 153 cm³/mol. The number of nitrogens with one attached hydrogen (secondary N) is 1. The van der Waals surface area contributed by atoms with Crippen molar-refractivity contribution >= 4 is 14.8 Å². The van der Waals surface area contributed by atoms with Gasteiger partial charge in [-0.15, -0.1) is 0 Å². The van der Waals surface area contributed by atoms with Gasteiger partial charge in [-0.1, -0.05) is 109 Å². The third-order valence-corrected chi connectivity index (χ3v) is 6.68. The van der Waals surface area contributed by atoms with Crippen LogP contribution in [0.1, 0.15) is 35.6 Å². The average Bonchev–Trinajstić information content (AvgIpc) is 3.01. The number of carbonyl (C=O) groups is 1. The highest BCUT2D eigenvalue weighted by molar-refractivity contribution is 7.17. The van der Waals surface area contributed by atoms with Gasteiger partial charge in [0, 0.05) is 6.42 Å². The highest BCUT2D eigenvalue weighted by atomic mass is 31.1. The van der Waals surface area contributed by atoms with Crippen molar-refractivity contribution in [2.45, 2.75) is 44.5 Å². The molecule has 7 nitrogen and oxygen atoms in total. The second-order valence-corrected chi connectivity index (χ2v) is 9.59. The summed E-state index contributed by atoms with van der Waals surface area (Å²) in [5, 5.41) is 13.4. The van der Waals surface area contributed by atoms with E-state index in [0.717, 1.165) is 27.8 Å². The molecule has 3 atom stereocenters. The summed E-state index contributed by atoms with van der Waals surface area (Å²) in [5.41, 5.74) is 4.47. The lowest BCUT2D eigenvalue weighted by atomic mass is 9.95. The molecule has 0 aliphatic heterocycles. The molecule has 0 bridgehead atoms. The summed E-state index contributed by atoms with van der Waals surface area (Å²) in [6.45, 7) is 0.342. The van der Waals surface area contributed by atoms with E-state index in [2.05, 4.69) is 5.32 Å². The Labute approximate surface area is 236 Å². The highest BCUT2D eigenvalue weighted by Gasteiger charge is 2.28. The zero-order valence-electron chi connectivity index (χ0n) is 22.0. The van der Waals surface area contributed by atoms with Gasteiger partial charge in [0.15, 0.2) is 6.29 Å². The fourth-order valence-corrected chi connectivity index (χ4v) is 4.69. The van der Waals surface area contributed by atoms with Crippen molar-refractivity contribution in [3.8, 4) is 11.1 Å². The van der Waals surface area contributed by atoms with E-state index in [1.807, 2.05) is 115 Å². The van der Waals surface area contributed by atoms with E-state index < -0.39 is 33.2 Å². The Kier molecular flexibility index (Phi) is 11.4. The minimum atomic E-state index is -1.08. The average molecular weight is 558 g/mol. The smallest absolute Gasteiger partial charge is 0.407 e. The summed E-state index contributed by atoms with van der Waals surface area (Å²) in [5.74, 6) is 0. The molecule has 3 unspecified atom stereocenters. The normalized spacial score (nSPS) is 13.3. The molecule has 40 heavy (non-hydrogen) atoms. The molecular formula is C32H32NO6P. The molecule has 2 N–H and O–H groups in total. The zero-order chi connectivity index (χ0) is 28.0. The fourth-order valence-electron chi connectivity index (χ4n) is 4.33. The molecular weight excluding hydrogens is 525 g/mol. The van der Waals surface area contributed by atoms with E-state index in [0.29, 0.717) is 0 Å². The van der Waals surface area contributed by atoms with Crippen molar-refractivity contribution in [1.29, 1.82) is 0 Å². The predicted octanol–water partition coefficient (Wildman–Crippen LogP) is 7.23. The molecule has 0 saturated heterocycles. The second-order valence-electron chi connectivity index (χ2n) is 9.23. The van der Waals surface area contributed by atoms with Crippen LogP contribution in [-0.2, 0) is 31.8 Å². The van der Waals surface area contributed by atoms with Crippen molar-refractivity contribution < 1.29 is 28.5 Å². The number of amides is 1. The maximum atomic E-state index is 12.8. The van der Waals surface area contributed by atoms with Gasteiger partial charge in [0.1, 0.15) is 12.7 Å². The van der Waals surface area contributed by atoms with Crippen LogP contribution in [0.2, 0.25) is 0 Å². The molecule has 0 radical (unpaired) electrons. The maximum absolute atomic E-state index is 12.8. The van der Waals surface area contributed by atoms with E-state index in [-0.39, 0.29) is 26.1 Å². The molecule has 0 fully saturated rings. The third kappa shape index (κ3) is 9.11. The number of benzene rings is 4. The molecule has 0 saturated carbocycles. The Bertz CT molecular complexity index is 1320. The molecule has 0 heterocycles. The van der Waals surface area contributed by atoms with Crippen LogP contribution in [0.5, 0.6) is 0 Å². The lowest BCUT2D eigenvalue weighted by Gasteiger charge is -2.27. The van der Waals surface area contributed by atoms with Crippen LogP contribution in [0.3, 0.4) is 0 Å². The van der Waals surface area contributed by atoms with Crippen LogP contribution in [0.25, 0.3) is 11.1 Å². The second kappa shape index (κ2) is 15.7. The minimum Gasteiger partial charge on any atom is -0.445 e. The first-order valence-corrected chi connectivity index (χ1v) is 13.8. The molecule has 206 valence electrons. The Morgan fingerprint density at radius 3 is 2.00 bits per heavy atom. The lowest BCUT2D eigenvalue weighted by Crippen LogP contribution is -2.40. The molecule has 4 aromatic carbocycles. The van der Waals surface area contributed by atoms with Crippen LogP contribution in [-0.4, -0.2) is 23.5 Å². The number of alkyl carbamates (subject to hydrolysis) is 1. The summed E-state index contributed by atoms with van der Waals surface area (Å²) in [6, 6.07) is 35.7. The van der Waals surface area contributed by atoms with Crippen LogP contribution >= 0.6 is 8.69 Å². The third-order valence-electron chi connectivity index (χ3n) is 6.37. The van der Waals surface area contributed by atoms with E-state index in [9.17, 15) is 14.5 Å². The largest absolute Gasteiger partial charge is 0.445 e. The number of ether oxygens (including phenoxy) is 2. The van der Waals surface area contributed by atoms with Gasteiger partial charge in [0.2, 0.25) is 0 Å². The number of aliphatic hydroxyl groups excluding tert-OH is 1. The van der Waals surface area contributed by atoms with Gasteiger partial charge in [0.05, 0.1) is 12.6 Å². The minimum absolute atomic E-state index is 0.0943. The summed E-state index contributed by atoms with van der Waals surface area (Å²) in [4.78, 5) is 12.8. The van der Waals surface area contributed by atoms with Gasteiger partial charge >= 0.3 is 14.8 Å². The highest BCUT2D eigenvalue weighted by Crippen LogP contribution is 2.31. The fraction of sp³-hybridized carbons (Fsp3) is 0.219. The van der Waals surface area contributed by atoms with Crippen LogP contribution < -0.4 is 5.32 Å². The molecule has 4 aromatic rings. The van der Waals surface area contributed by atoms with Gasteiger partial charge < -0.3 is 19.9 Å². The van der Waals surface area contributed by atoms with Crippen molar-refractivity contribution in [2.24, 2.45) is 0 Å². The van der Waals surface area contributed by atoms with E-state index in [1.165, 1.54) is 0 Å². The van der Waals surface area contributed by atoms with Gasteiger partial charge in [0.25, 0.3) is 0 Å². The molecule has 4 rings (SSSR count). The van der Waals surface area contributed by atoms with E-state index in [4.69, 9.17) is 14.0 Å². The topological polar surface area (TPSA) is 94.1 Å². The van der Waals surface area contributed by atoms with Crippen LogP contribution in [0.15, 0.2) is 115 Å². The summed E-state index contributed by atoms with van der Waals surface area (Å²) in [6.07, 6.45) is -2.04. The zero-order valence-corrected chi connectivity index (χ0v) is 22.9. The molecule has 0 spiro atoms. The van der Waals surface area contributed by atoms with Crippen molar-refractivity contribution in [1.82, 2.24) is 5.32 Å². The van der Waals surface area contributed by atoms with E-state index >= 15 is 0 Å². The number of hydrogen-bond donors (Lipinski definition) is 2. The molecule has 0 aromatic heterocycles. The Morgan fingerprint density at radius 2 is 1.35 bits per heavy atom. The van der Waals surface area contributed by atoms with Crippen molar-refractivity contribution in [3.63, 3.8) is 0 Å². The summed E-state index contributed by atoms with van der Waals surface area (Å²) < 4.78 is 28.4. The number of rotatable bonds is 14. The molecule has 1 amide bonds. The number of aliphatic hydroxyl groups is 1. The Hall–Kier alpha value is -3.87. The monoisotopic (exact) mass is 557 g/mol. The number of hydrogen-bond acceptors (Lipinski definition) is 6. The molecule has 0 aliphatic carbocycles. The summed E-state index contributed by atoms with van der Waals surface area (Å²) in [7, 11) is -0.541. The SMILES string of the molecule is O=POC(c1cccc(-c2ccccc2)c1)C(CCC(O)OCc1ccccc1)NC(=O)OCc1ccccc1. The Balaban J connectivity index is 1.49. The standard InChI is InChI=1S/C32H32NO6P/c34-30(37-22-24-11-4-1-5-12-24)20-19-29(33-32(35)38-23-25-13-6-2-7-14-25)31(39-40-36)28-18-10-17-27(21-28)26-15-8-3-9-16-26/h1-18,21,29-31,34H,19-20,22-23H2,(H,33,35). The van der Waals surface area contributed by atoms with Crippen LogP contribution in [0.4, 0.5) is 4.79 Å². The first-order valence-electron chi connectivity index (χ1n) is 13.1. The quantitative estimate of drug-likeness (QED) is 0.126. The summed E-state index contributed by atoms with van der Waals surface area (Å²) >= 11 is 0. The van der Waals surface area contributed by atoms with Gasteiger partial charge in [-0.3, -0.25) is 4.52 Å². The van der Waals surface area contributed by atoms with Crippen molar-refractivity contribution in [3.05, 3.63) is 132 Å². The number of carbonyl (C=O) groups excluding carboxylic acids is 1. The molecule has 0 aliphatic rings. The maximum Gasteiger partial charge on any atom is 0.407 e. The van der Waals surface area contributed by atoms with Gasteiger partial charge in [-0.05, 0) is 40.3 Å². The van der Waals surface area contributed by atoms with E-state index in [1.54, 1.807) is 0 Å². The van der Waals surface area contributed by atoms with Gasteiger partial charge in [-0.25, -0.2) is 9.36 Å².